The Morgan fingerprint density at radius 3 is 2.48 bits per heavy atom. The third-order valence-corrected chi connectivity index (χ3v) is 7.02. The van der Waals surface area contributed by atoms with Gasteiger partial charge in [-0.25, -0.2) is 0 Å². The third-order valence-electron chi connectivity index (χ3n) is 5.65. The van der Waals surface area contributed by atoms with Crippen molar-refractivity contribution in [1.82, 2.24) is 4.90 Å². The molecular formula is C22H23F3N4O3S. The van der Waals surface area contributed by atoms with Gasteiger partial charge in [-0.2, -0.15) is 21.6 Å². The Balaban J connectivity index is 1.27. The molecule has 11 heteroatoms. The second-order valence-electron chi connectivity index (χ2n) is 7.90. The number of carbonyl (C=O) groups excluding carboxylic acids is 1. The molecule has 0 aromatic heterocycles. The lowest BCUT2D eigenvalue weighted by atomic mass is 10.1. The molecule has 0 bridgehead atoms. The van der Waals surface area contributed by atoms with Crippen molar-refractivity contribution < 1.29 is 26.4 Å². The minimum absolute atomic E-state index is 0.0710. The number of fused-ring (bicyclic) bond motifs is 1. The second-order valence-corrected chi connectivity index (χ2v) is 9.48. The van der Waals surface area contributed by atoms with Crippen LogP contribution in [0.15, 0.2) is 57.8 Å². The van der Waals surface area contributed by atoms with Gasteiger partial charge in [0.1, 0.15) is 10.7 Å². The number of anilines is 2. The smallest absolute Gasteiger partial charge is 0.368 e. The number of sulfonamides is 1. The first-order valence-electron chi connectivity index (χ1n) is 10.5. The number of alkyl halides is 3. The first-order valence-corrected chi connectivity index (χ1v) is 12.0. The molecule has 1 amide bonds. The minimum atomic E-state index is -4.40. The number of amides is 1. The van der Waals surface area contributed by atoms with E-state index in [1.54, 1.807) is 29.2 Å². The van der Waals surface area contributed by atoms with Crippen LogP contribution in [-0.2, 0) is 21.0 Å². The SMILES string of the molecule is O=C(CCCC1=NS(=O)(=O)c2ccccc2N1)N1CCN(c2cccc(C(F)(F)F)c2)CC1. The number of carbonyl (C=O) groups is 1. The van der Waals surface area contributed by atoms with Crippen LogP contribution in [0.25, 0.3) is 0 Å². The van der Waals surface area contributed by atoms with Gasteiger partial charge < -0.3 is 15.1 Å². The standard InChI is InChI=1S/C22H23F3N4O3S/c23-22(24,25)16-5-3-6-17(15-16)28-11-13-29(14-12-28)21(30)10-4-9-20-26-18-7-1-2-8-19(18)33(31,32)27-20/h1-3,5-8,15H,4,9-14H2,(H,26,27). The number of benzene rings is 2. The highest BCUT2D eigenvalue weighted by Gasteiger charge is 2.31. The fourth-order valence-corrected chi connectivity index (χ4v) is 5.11. The first-order chi connectivity index (χ1) is 15.6. The van der Waals surface area contributed by atoms with E-state index in [0.717, 1.165) is 12.1 Å². The van der Waals surface area contributed by atoms with Gasteiger partial charge in [0.15, 0.2) is 0 Å². The van der Waals surface area contributed by atoms with Gasteiger partial charge in [-0.05, 0) is 36.8 Å². The van der Waals surface area contributed by atoms with Gasteiger partial charge in [0.2, 0.25) is 5.91 Å². The summed E-state index contributed by atoms with van der Waals surface area (Å²) in [5.41, 5.74) is 0.265. The zero-order valence-corrected chi connectivity index (χ0v) is 18.5. The van der Waals surface area contributed by atoms with Crippen LogP contribution in [0.5, 0.6) is 0 Å². The molecule has 0 aliphatic carbocycles. The number of para-hydroxylation sites is 1. The van der Waals surface area contributed by atoms with Gasteiger partial charge in [0.25, 0.3) is 10.0 Å². The molecule has 4 rings (SSSR count). The van der Waals surface area contributed by atoms with E-state index in [-0.39, 0.29) is 17.2 Å². The molecule has 0 radical (unpaired) electrons. The zero-order chi connectivity index (χ0) is 23.6. The van der Waals surface area contributed by atoms with Gasteiger partial charge >= 0.3 is 6.18 Å². The Morgan fingerprint density at radius 2 is 1.76 bits per heavy atom. The predicted octanol–water partition coefficient (Wildman–Crippen LogP) is 3.74. The molecule has 176 valence electrons. The van der Waals surface area contributed by atoms with E-state index >= 15 is 0 Å². The molecule has 1 N–H and O–H groups in total. The van der Waals surface area contributed by atoms with E-state index in [1.807, 2.05) is 4.90 Å². The summed E-state index contributed by atoms with van der Waals surface area (Å²) < 4.78 is 67.2. The maximum Gasteiger partial charge on any atom is 0.416 e. The molecule has 0 unspecified atom stereocenters. The van der Waals surface area contributed by atoms with E-state index in [0.29, 0.717) is 56.2 Å². The van der Waals surface area contributed by atoms with Crippen molar-refractivity contribution in [2.24, 2.45) is 4.40 Å². The molecule has 2 aromatic rings. The van der Waals surface area contributed by atoms with Crippen molar-refractivity contribution in [3.63, 3.8) is 0 Å². The van der Waals surface area contributed by atoms with Crippen LogP contribution in [-0.4, -0.2) is 51.2 Å². The minimum Gasteiger partial charge on any atom is -0.368 e. The van der Waals surface area contributed by atoms with Crippen LogP contribution in [0, 0.1) is 0 Å². The number of hydrogen-bond donors (Lipinski definition) is 1. The van der Waals surface area contributed by atoms with Crippen molar-refractivity contribution >= 4 is 33.1 Å². The first kappa shape index (κ1) is 23.1. The number of rotatable bonds is 5. The fourth-order valence-electron chi connectivity index (χ4n) is 3.93. The normalized spacial score (nSPS) is 17.7. The van der Waals surface area contributed by atoms with Gasteiger partial charge in [-0.15, -0.1) is 4.40 Å². The Morgan fingerprint density at radius 1 is 1.03 bits per heavy atom. The predicted molar refractivity (Wildman–Crippen MR) is 119 cm³/mol. The maximum atomic E-state index is 13.0. The summed E-state index contributed by atoms with van der Waals surface area (Å²) in [6.45, 7) is 1.71. The lowest BCUT2D eigenvalue weighted by Gasteiger charge is -2.36. The Bertz CT molecular complexity index is 1170. The average Bonchev–Trinajstić information content (AvgIpc) is 2.78. The van der Waals surface area contributed by atoms with Crippen molar-refractivity contribution in [2.75, 3.05) is 36.4 Å². The molecule has 1 fully saturated rings. The third kappa shape index (κ3) is 5.29. The number of piperazine rings is 1. The molecule has 2 aliphatic rings. The summed E-state index contributed by atoms with van der Waals surface area (Å²) in [4.78, 5) is 16.2. The number of amidine groups is 1. The lowest BCUT2D eigenvalue weighted by Crippen LogP contribution is -2.48. The molecule has 7 nitrogen and oxygen atoms in total. The number of halogens is 3. The average molecular weight is 481 g/mol. The second kappa shape index (κ2) is 9.05. The van der Waals surface area contributed by atoms with Crippen molar-refractivity contribution in [1.29, 1.82) is 0 Å². The largest absolute Gasteiger partial charge is 0.416 e. The van der Waals surface area contributed by atoms with E-state index in [2.05, 4.69) is 9.71 Å². The van der Waals surface area contributed by atoms with Crippen molar-refractivity contribution in [3.8, 4) is 0 Å². The summed E-state index contributed by atoms with van der Waals surface area (Å²) in [5.74, 6) is 0.231. The number of nitrogens with zero attached hydrogens (tertiary/aromatic N) is 3. The van der Waals surface area contributed by atoms with Gasteiger partial charge in [0.05, 0.1) is 11.3 Å². The topological polar surface area (TPSA) is 82.1 Å². The van der Waals surface area contributed by atoms with Crippen LogP contribution >= 0.6 is 0 Å². The molecule has 2 aromatic carbocycles. The summed E-state index contributed by atoms with van der Waals surface area (Å²) in [7, 11) is -3.75. The van der Waals surface area contributed by atoms with Gasteiger partial charge in [-0.1, -0.05) is 18.2 Å². The highest BCUT2D eigenvalue weighted by molar-refractivity contribution is 7.90. The molecule has 2 heterocycles. The van der Waals surface area contributed by atoms with Crippen molar-refractivity contribution in [2.45, 2.75) is 30.3 Å². The quantitative estimate of drug-likeness (QED) is 0.705. The Labute approximate surface area is 190 Å². The summed E-state index contributed by atoms with van der Waals surface area (Å²) >= 11 is 0. The van der Waals surface area contributed by atoms with Gasteiger partial charge in [-0.3, -0.25) is 4.79 Å². The Hall–Kier alpha value is -3.08. The molecule has 1 saturated heterocycles. The van der Waals surface area contributed by atoms with E-state index in [9.17, 15) is 26.4 Å². The number of nitrogens with one attached hydrogen (secondary N) is 1. The molecule has 33 heavy (non-hydrogen) atoms. The van der Waals surface area contributed by atoms with E-state index in [1.165, 1.54) is 12.1 Å². The molecule has 0 spiro atoms. The van der Waals surface area contributed by atoms with Crippen LogP contribution in [0.2, 0.25) is 0 Å². The summed E-state index contributed by atoms with van der Waals surface area (Å²) in [6.07, 6.45) is -3.43. The highest BCUT2D eigenvalue weighted by Crippen LogP contribution is 2.32. The van der Waals surface area contributed by atoms with Gasteiger partial charge in [0, 0.05) is 44.7 Å². The summed E-state index contributed by atoms with van der Waals surface area (Å²) in [6, 6.07) is 11.7. The van der Waals surface area contributed by atoms with Crippen molar-refractivity contribution in [3.05, 3.63) is 54.1 Å². The lowest BCUT2D eigenvalue weighted by molar-refractivity contribution is -0.137. The van der Waals surface area contributed by atoms with Crippen LogP contribution in [0.1, 0.15) is 24.8 Å². The molecule has 0 saturated carbocycles. The van der Waals surface area contributed by atoms with Crippen LogP contribution in [0.4, 0.5) is 24.5 Å². The highest BCUT2D eigenvalue weighted by atomic mass is 32.2. The van der Waals surface area contributed by atoms with Crippen LogP contribution in [0.3, 0.4) is 0 Å². The maximum absolute atomic E-state index is 13.0. The fraction of sp³-hybridized carbons (Fsp3) is 0.364. The molecule has 0 atom stereocenters. The van der Waals surface area contributed by atoms with E-state index in [4.69, 9.17) is 0 Å². The molecule has 2 aliphatic heterocycles. The zero-order valence-electron chi connectivity index (χ0n) is 17.7. The monoisotopic (exact) mass is 480 g/mol. The van der Waals surface area contributed by atoms with Crippen LogP contribution < -0.4 is 10.2 Å². The number of hydrogen-bond acceptors (Lipinski definition) is 5. The molecular weight excluding hydrogens is 457 g/mol. The Kier molecular flexibility index (Phi) is 6.33. The van der Waals surface area contributed by atoms with E-state index < -0.39 is 21.8 Å². The summed E-state index contributed by atoms with van der Waals surface area (Å²) in [5, 5.41) is 3.00.